The Morgan fingerprint density at radius 3 is 2.40 bits per heavy atom. The van der Waals surface area contributed by atoms with Gasteiger partial charge in [0.15, 0.2) is 5.78 Å². The van der Waals surface area contributed by atoms with Crippen molar-refractivity contribution in [2.24, 2.45) is 11.8 Å². The Balaban J connectivity index is 1.74. The van der Waals surface area contributed by atoms with Crippen molar-refractivity contribution in [3.8, 4) is 5.75 Å². The summed E-state index contributed by atoms with van der Waals surface area (Å²) in [7, 11) is 0. The van der Waals surface area contributed by atoms with Gasteiger partial charge in [-0.15, -0.1) is 0 Å². The number of rotatable bonds is 6. The van der Waals surface area contributed by atoms with Crippen LogP contribution in [0.1, 0.15) is 38.2 Å². The van der Waals surface area contributed by atoms with Gasteiger partial charge in [-0.1, -0.05) is 19.1 Å². The minimum absolute atomic E-state index is 0.000442. The number of benzene rings is 1. The Kier molecular flexibility index (Phi) is 5.60. The number of ether oxygens (including phenoxy) is 1. The molecule has 0 amide bonds. The average Bonchev–Trinajstić information content (AvgIpc) is 2.53. The summed E-state index contributed by atoms with van der Waals surface area (Å²) in [6.07, 6.45) is 4.86. The predicted molar refractivity (Wildman–Crippen MR) is 78.9 cm³/mol. The number of aliphatic hydroxyl groups excluding tert-OH is 1. The number of hydrogen-bond acceptors (Lipinski definition) is 3. The minimum Gasteiger partial charge on any atom is -0.493 e. The van der Waals surface area contributed by atoms with E-state index in [0.29, 0.717) is 5.92 Å². The van der Waals surface area contributed by atoms with E-state index in [9.17, 15) is 4.79 Å². The van der Waals surface area contributed by atoms with Crippen LogP contribution in [-0.2, 0) is 11.2 Å². The van der Waals surface area contributed by atoms with Crippen LogP contribution in [0.15, 0.2) is 24.3 Å². The quantitative estimate of drug-likeness (QED) is 0.869. The van der Waals surface area contributed by atoms with Gasteiger partial charge in [0.25, 0.3) is 0 Å². The Morgan fingerprint density at radius 1 is 1.20 bits per heavy atom. The van der Waals surface area contributed by atoms with Gasteiger partial charge in [-0.2, -0.15) is 0 Å². The molecule has 0 heterocycles. The van der Waals surface area contributed by atoms with Crippen molar-refractivity contribution >= 4 is 5.78 Å². The Labute approximate surface area is 121 Å². The molecule has 2 rings (SSSR count). The summed E-state index contributed by atoms with van der Waals surface area (Å²) in [6, 6.07) is 8.26. The van der Waals surface area contributed by atoms with Gasteiger partial charge in [-0.05, 0) is 55.7 Å². The first kappa shape index (κ1) is 15.0. The number of aryl methyl sites for hydroxylation is 1. The molecule has 1 aliphatic rings. The fourth-order valence-corrected chi connectivity index (χ4v) is 2.82. The molecular formula is C17H24O3. The minimum atomic E-state index is -0.310. The lowest BCUT2D eigenvalue weighted by Crippen LogP contribution is -2.26. The van der Waals surface area contributed by atoms with Crippen LogP contribution in [0.3, 0.4) is 0 Å². The largest absolute Gasteiger partial charge is 0.493 e. The molecule has 0 saturated heterocycles. The summed E-state index contributed by atoms with van der Waals surface area (Å²) in [6.45, 7) is 2.56. The lowest BCUT2D eigenvalue weighted by Gasteiger charge is -2.27. The van der Waals surface area contributed by atoms with Crippen molar-refractivity contribution < 1.29 is 14.6 Å². The van der Waals surface area contributed by atoms with E-state index in [-0.39, 0.29) is 18.3 Å². The molecule has 1 N–H and O–H groups in total. The second-order valence-electron chi connectivity index (χ2n) is 5.65. The molecule has 1 saturated carbocycles. The first-order valence-electron chi connectivity index (χ1n) is 7.58. The highest BCUT2D eigenvalue weighted by Crippen LogP contribution is 2.29. The van der Waals surface area contributed by atoms with Crippen LogP contribution in [0, 0.1) is 11.8 Å². The van der Waals surface area contributed by atoms with Gasteiger partial charge in [0.1, 0.15) is 12.4 Å². The van der Waals surface area contributed by atoms with E-state index in [1.165, 1.54) is 5.56 Å². The van der Waals surface area contributed by atoms with Crippen LogP contribution in [0.5, 0.6) is 5.75 Å². The lowest BCUT2D eigenvalue weighted by molar-refractivity contribution is -0.126. The van der Waals surface area contributed by atoms with Crippen molar-refractivity contribution in [2.45, 2.75) is 39.0 Å². The highest BCUT2D eigenvalue weighted by Gasteiger charge is 2.25. The fraction of sp³-hybridized carbons (Fsp3) is 0.588. The molecule has 0 radical (unpaired) electrons. The van der Waals surface area contributed by atoms with Gasteiger partial charge in [0.2, 0.25) is 0 Å². The van der Waals surface area contributed by atoms with Crippen LogP contribution in [-0.4, -0.2) is 24.1 Å². The van der Waals surface area contributed by atoms with Gasteiger partial charge in [0, 0.05) is 5.92 Å². The summed E-state index contributed by atoms with van der Waals surface area (Å²) >= 11 is 0. The summed E-state index contributed by atoms with van der Waals surface area (Å²) < 4.78 is 5.83. The zero-order chi connectivity index (χ0) is 14.4. The molecular weight excluding hydrogens is 252 g/mol. The number of Topliss-reactive ketones (excluding diaryl/α,β-unsaturated/α-hetero) is 1. The van der Waals surface area contributed by atoms with Crippen LogP contribution >= 0.6 is 0 Å². The van der Waals surface area contributed by atoms with Crippen molar-refractivity contribution in [2.75, 3.05) is 13.2 Å². The summed E-state index contributed by atoms with van der Waals surface area (Å²) in [5.41, 5.74) is 1.32. The summed E-state index contributed by atoms with van der Waals surface area (Å²) in [4.78, 5) is 11.4. The first-order chi connectivity index (χ1) is 9.72. The third kappa shape index (κ3) is 4.07. The molecule has 0 aliphatic heterocycles. The molecule has 0 bridgehead atoms. The highest BCUT2D eigenvalue weighted by molar-refractivity contribution is 5.81. The highest BCUT2D eigenvalue weighted by atomic mass is 16.5. The predicted octanol–water partition coefficient (Wildman–Crippen LogP) is 3.00. The van der Waals surface area contributed by atoms with Crippen molar-refractivity contribution in [3.63, 3.8) is 0 Å². The Morgan fingerprint density at radius 2 is 1.85 bits per heavy atom. The monoisotopic (exact) mass is 276 g/mol. The molecule has 110 valence electrons. The van der Waals surface area contributed by atoms with E-state index in [1.54, 1.807) is 0 Å². The Bertz CT molecular complexity index is 416. The molecule has 1 aromatic rings. The average molecular weight is 276 g/mol. The maximum Gasteiger partial charge on any atom is 0.161 e. The van der Waals surface area contributed by atoms with Crippen LogP contribution in [0.2, 0.25) is 0 Å². The molecule has 20 heavy (non-hydrogen) atoms. The third-order valence-electron chi connectivity index (χ3n) is 4.28. The van der Waals surface area contributed by atoms with Gasteiger partial charge in [-0.25, -0.2) is 0 Å². The van der Waals surface area contributed by atoms with Crippen LogP contribution < -0.4 is 4.74 Å². The summed E-state index contributed by atoms with van der Waals surface area (Å²) in [5, 5.41) is 8.87. The van der Waals surface area contributed by atoms with Crippen LogP contribution in [0.25, 0.3) is 0 Å². The zero-order valence-corrected chi connectivity index (χ0v) is 12.2. The number of hydrogen-bond donors (Lipinski definition) is 1. The Hall–Kier alpha value is -1.35. The van der Waals surface area contributed by atoms with E-state index >= 15 is 0 Å². The van der Waals surface area contributed by atoms with Crippen LogP contribution in [0.4, 0.5) is 0 Å². The van der Waals surface area contributed by atoms with Crippen molar-refractivity contribution in [1.29, 1.82) is 0 Å². The number of carbonyl (C=O) groups excluding carboxylic acids is 1. The van der Waals surface area contributed by atoms with Crippen molar-refractivity contribution in [1.82, 2.24) is 0 Å². The molecule has 1 fully saturated rings. The molecule has 0 unspecified atom stereocenters. The van der Waals surface area contributed by atoms with Gasteiger partial charge in [0.05, 0.1) is 6.61 Å². The standard InChI is InChI=1S/C17H24O3/c1-2-13-5-9-16(10-6-13)20-12-14-3-7-15(8-4-14)17(19)11-18/h5-6,9-10,14-15,18H,2-4,7-8,11-12H2,1H3/t14-,15-. The molecule has 0 aromatic heterocycles. The second-order valence-corrected chi connectivity index (χ2v) is 5.65. The van der Waals surface area contributed by atoms with Crippen molar-refractivity contribution in [3.05, 3.63) is 29.8 Å². The molecule has 1 aromatic carbocycles. The molecule has 3 heteroatoms. The normalized spacial score (nSPS) is 22.5. The number of carbonyl (C=O) groups is 1. The van der Waals surface area contributed by atoms with Gasteiger partial charge in [-0.3, -0.25) is 4.79 Å². The number of ketones is 1. The van der Waals surface area contributed by atoms with E-state index < -0.39 is 0 Å². The molecule has 0 atom stereocenters. The van der Waals surface area contributed by atoms with E-state index in [1.807, 2.05) is 12.1 Å². The van der Waals surface area contributed by atoms with E-state index in [0.717, 1.165) is 44.5 Å². The van der Waals surface area contributed by atoms with Gasteiger partial charge < -0.3 is 9.84 Å². The molecule has 1 aliphatic carbocycles. The smallest absolute Gasteiger partial charge is 0.161 e. The molecule has 0 spiro atoms. The molecule has 3 nitrogen and oxygen atoms in total. The SMILES string of the molecule is CCc1ccc(OC[C@H]2CC[C@H](C(=O)CO)CC2)cc1. The third-order valence-corrected chi connectivity index (χ3v) is 4.28. The van der Waals surface area contributed by atoms with Gasteiger partial charge >= 0.3 is 0 Å². The van der Waals surface area contributed by atoms with E-state index in [4.69, 9.17) is 9.84 Å². The second kappa shape index (κ2) is 7.44. The van der Waals surface area contributed by atoms with E-state index in [2.05, 4.69) is 19.1 Å². The zero-order valence-electron chi connectivity index (χ0n) is 12.2. The maximum absolute atomic E-state index is 11.4. The number of aliphatic hydroxyl groups is 1. The topological polar surface area (TPSA) is 46.5 Å². The fourth-order valence-electron chi connectivity index (χ4n) is 2.82. The maximum atomic E-state index is 11.4. The summed E-state index contributed by atoms with van der Waals surface area (Å²) in [5.74, 6) is 1.53. The first-order valence-corrected chi connectivity index (χ1v) is 7.58. The lowest BCUT2D eigenvalue weighted by atomic mass is 9.80.